The molecule has 2 aliphatic heterocycles. The van der Waals surface area contributed by atoms with Crippen LogP contribution in [0.1, 0.15) is 102 Å². The number of carbonyl (C=O) groups is 7. The fourth-order valence-electron chi connectivity index (χ4n) is 7.64. The Kier molecular flexibility index (Phi) is 13.3. The Balaban J connectivity index is 0.747. The number of hydrogen-bond donors (Lipinski definition) is 3. The first-order valence-electron chi connectivity index (χ1n) is 21.4. The van der Waals surface area contributed by atoms with Gasteiger partial charge in [0.15, 0.2) is 11.4 Å². The van der Waals surface area contributed by atoms with Crippen LogP contribution in [0.15, 0.2) is 77.7 Å². The van der Waals surface area contributed by atoms with Crippen LogP contribution in [0.4, 0.5) is 5.69 Å². The Morgan fingerprint density at radius 2 is 1.69 bits per heavy atom. The molecule has 2 fully saturated rings. The number of aryl methyl sites for hydroxylation is 2. The summed E-state index contributed by atoms with van der Waals surface area (Å²) < 4.78 is 18.4. The SMILES string of the molecule is CN(CCOCCOCCCc1ccc2c(c1)C(=O)N(C1CCC(=O)NC1=O)C2=O)C(=O)c1ccc(-n2cc(NC(=O)c3coc(-c4ccnc(CCC5CC5)c4)n3)c(C(N)=O)n2)cc1. The van der Waals surface area contributed by atoms with Crippen molar-refractivity contribution in [3.8, 4) is 17.1 Å². The zero-order chi connectivity index (χ0) is 45.6. The number of ether oxygens (including phenoxy) is 2. The summed E-state index contributed by atoms with van der Waals surface area (Å²) >= 11 is 0. The first kappa shape index (κ1) is 44.2. The molecule has 3 aliphatic rings. The minimum absolute atomic E-state index is 0.00367. The van der Waals surface area contributed by atoms with Gasteiger partial charge in [-0.15, -0.1) is 0 Å². The second-order valence-corrected chi connectivity index (χ2v) is 16.1. The van der Waals surface area contributed by atoms with Crippen LogP contribution in [0.25, 0.3) is 17.1 Å². The topological polar surface area (TPSA) is 251 Å². The first-order valence-corrected chi connectivity index (χ1v) is 21.4. The van der Waals surface area contributed by atoms with Crippen molar-refractivity contribution in [2.75, 3.05) is 45.3 Å². The van der Waals surface area contributed by atoms with Crippen molar-refractivity contribution < 1.29 is 47.5 Å². The molecule has 0 radical (unpaired) electrons. The monoisotopic (exact) mass is 885 g/mol. The van der Waals surface area contributed by atoms with Gasteiger partial charge in [0.05, 0.1) is 48.5 Å². The third kappa shape index (κ3) is 10.4. The number of primary amides is 1. The molecule has 1 unspecified atom stereocenters. The highest BCUT2D eigenvalue weighted by Crippen LogP contribution is 2.34. The highest BCUT2D eigenvalue weighted by atomic mass is 16.5. The Morgan fingerprint density at radius 3 is 2.45 bits per heavy atom. The molecule has 19 nitrogen and oxygen atoms in total. The van der Waals surface area contributed by atoms with E-state index in [0.29, 0.717) is 56.0 Å². The minimum atomic E-state index is -1.01. The van der Waals surface area contributed by atoms with Crippen molar-refractivity contribution in [1.29, 1.82) is 0 Å². The number of nitrogens with zero attached hydrogens (tertiary/aromatic N) is 6. The maximum atomic E-state index is 13.2. The fraction of sp³-hybridized carbons (Fsp3) is 0.348. The van der Waals surface area contributed by atoms with E-state index in [1.807, 2.05) is 6.07 Å². The highest BCUT2D eigenvalue weighted by molar-refractivity contribution is 6.23. The number of aromatic nitrogens is 4. The van der Waals surface area contributed by atoms with Crippen LogP contribution in [0, 0.1) is 5.92 Å². The van der Waals surface area contributed by atoms with E-state index in [1.54, 1.807) is 61.8 Å². The number of benzene rings is 2. The number of nitrogens with one attached hydrogen (secondary N) is 2. The molecule has 19 heteroatoms. The summed E-state index contributed by atoms with van der Waals surface area (Å²) in [5, 5.41) is 9.13. The molecule has 5 aromatic rings. The number of fused-ring (bicyclic) bond motifs is 1. The molecule has 3 aromatic heterocycles. The molecule has 1 saturated carbocycles. The van der Waals surface area contributed by atoms with Gasteiger partial charge in [-0.3, -0.25) is 48.8 Å². The minimum Gasteiger partial charge on any atom is -0.444 e. The molecule has 7 amide bonds. The van der Waals surface area contributed by atoms with Gasteiger partial charge in [0.25, 0.3) is 29.5 Å². The summed E-state index contributed by atoms with van der Waals surface area (Å²) in [6.45, 7) is 1.68. The Labute approximate surface area is 372 Å². The molecular formula is C46H47N9O10. The summed E-state index contributed by atoms with van der Waals surface area (Å²) in [4.78, 5) is 99.8. The van der Waals surface area contributed by atoms with E-state index in [4.69, 9.17) is 19.6 Å². The van der Waals surface area contributed by atoms with E-state index in [2.05, 4.69) is 25.7 Å². The number of oxazole rings is 1. The third-order valence-corrected chi connectivity index (χ3v) is 11.4. The Bertz CT molecular complexity index is 2650. The number of carbonyl (C=O) groups excluding carboxylic acids is 7. The average molecular weight is 886 g/mol. The fourth-order valence-corrected chi connectivity index (χ4v) is 7.64. The molecule has 0 spiro atoms. The van der Waals surface area contributed by atoms with E-state index in [1.165, 1.54) is 34.9 Å². The molecule has 336 valence electrons. The molecule has 65 heavy (non-hydrogen) atoms. The molecule has 5 heterocycles. The molecule has 1 aliphatic carbocycles. The number of amides is 7. The molecule has 4 N–H and O–H groups in total. The Morgan fingerprint density at radius 1 is 0.923 bits per heavy atom. The van der Waals surface area contributed by atoms with Gasteiger partial charge in [0, 0.05) is 49.6 Å². The van der Waals surface area contributed by atoms with Crippen LogP contribution >= 0.6 is 0 Å². The summed E-state index contributed by atoms with van der Waals surface area (Å²) in [7, 11) is 1.66. The average Bonchev–Trinajstić information content (AvgIpc) is 3.72. The predicted octanol–water partition coefficient (Wildman–Crippen LogP) is 3.76. The zero-order valence-corrected chi connectivity index (χ0v) is 35.6. The number of nitrogens with two attached hydrogens (primary N) is 1. The van der Waals surface area contributed by atoms with Crippen LogP contribution in [0.2, 0.25) is 0 Å². The molecule has 2 aromatic carbocycles. The van der Waals surface area contributed by atoms with Crippen molar-refractivity contribution in [1.82, 2.24) is 34.9 Å². The van der Waals surface area contributed by atoms with Crippen molar-refractivity contribution >= 4 is 47.0 Å². The van der Waals surface area contributed by atoms with E-state index >= 15 is 0 Å². The van der Waals surface area contributed by atoms with Crippen LogP contribution in [0.5, 0.6) is 0 Å². The molecule has 8 rings (SSSR count). The Hall–Kier alpha value is -7.38. The largest absolute Gasteiger partial charge is 0.444 e. The molecule has 1 saturated heterocycles. The van der Waals surface area contributed by atoms with Crippen LogP contribution < -0.4 is 16.4 Å². The van der Waals surface area contributed by atoms with E-state index in [0.717, 1.165) is 34.9 Å². The highest BCUT2D eigenvalue weighted by Gasteiger charge is 2.44. The van der Waals surface area contributed by atoms with E-state index in [-0.39, 0.29) is 59.4 Å². The lowest BCUT2D eigenvalue weighted by molar-refractivity contribution is -0.136. The number of likely N-dealkylation sites (N-methyl/N-ethyl adjacent to an activating group) is 1. The lowest BCUT2D eigenvalue weighted by Gasteiger charge is -2.27. The van der Waals surface area contributed by atoms with Gasteiger partial charge in [-0.25, -0.2) is 9.67 Å². The summed E-state index contributed by atoms with van der Waals surface area (Å²) in [5.41, 5.74) is 9.37. The van der Waals surface area contributed by atoms with Crippen molar-refractivity contribution in [3.05, 3.63) is 113 Å². The summed E-state index contributed by atoms with van der Waals surface area (Å²) in [5.74, 6) is -2.84. The van der Waals surface area contributed by atoms with Gasteiger partial charge in [-0.05, 0) is 92.1 Å². The summed E-state index contributed by atoms with van der Waals surface area (Å²) in [6.07, 6.45) is 10.3. The van der Waals surface area contributed by atoms with Crippen LogP contribution in [-0.2, 0) is 31.9 Å². The van der Waals surface area contributed by atoms with Gasteiger partial charge in [0.1, 0.15) is 12.3 Å². The number of imide groups is 2. The number of hydrogen-bond acceptors (Lipinski definition) is 13. The van der Waals surface area contributed by atoms with Gasteiger partial charge in [-0.1, -0.05) is 18.9 Å². The first-order chi connectivity index (χ1) is 31.4. The zero-order valence-electron chi connectivity index (χ0n) is 35.6. The second kappa shape index (κ2) is 19.6. The van der Waals surface area contributed by atoms with Crippen LogP contribution in [-0.4, -0.2) is 117 Å². The molecular weight excluding hydrogens is 839 g/mol. The standard InChI is InChI=1S/C46H47N9O10/c1-53(18-20-64-22-21-63-19-2-3-28-7-13-33-34(23-28)46(62)55(45(33)61)37-14-15-38(56)51-42(37)59)44(60)29-8-11-32(12-9-29)54-25-35(39(52-54)40(47)57)49-41(58)36-26-65-43(50-36)30-16-17-48-31(24-30)10-6-27-4-5-27/h7-9,11-13,16-17,23-27,37H,2-6,10,14-15,18-22H2,1H3,(H2,47,57)(H,49,58)(H,51,56,59). The summed E-state index contributed by atoms with van der Waals surface area (Å²) in [6, 6.07) is 14.2. The maximum absolute atomic E-state index is 13.2. The van der Waals surface area contributed by atoms with Crippen molar-refractivity contribution in [3.63, 3.8) is 0 Å². The van der Waals surface area contributed by atoms with Crippen molar-refractivity contribution in [2.45, 2.75) is 57.4 Å². The second-order valence-electron chi connectivity index (χ2n) is 16.1. The quantitative estimate of drug-likeness (QED) is 0.0745. The maximum Gasteiger partial charge on any atom is 0.277 e. The lowest BCUT2D eigenvalue weighted by Crippen LogP contribution is -2.54. The number of piperidine rings is 1. The smallest absolute Gasteiger partial charge is 0.277 e. The molecule has 0 bridgehead atoms. The number of anilines is 1. The predicted molar refractivity (Wildman–Crippen MR) is 231 cm³/mol. The normalized spacial score (nSPS) is 15.8. The third-order valence-electron chi connectivity index (χ3n) is 11.4. The van der Waals surface area contributed by atoms with Gasteiger partial charge in [0.2, 0.25) is 17.7 Å². The van der Waals surface area contributed by atoms with E-state index < -0.39 is 41.5 Å². The van der Waals surface area contributed by atoms with Gasteiger partial charge in [-0.2, -0.15) is 5.10 Å². The molecule has 1 atom stereocenters. The van der Waals surface area contributed by atoms with Gasteiger partial charge < -0.3 is 29.8 Å². The van der Waals surface area contributed by atoms with Gasteiger partial charge >= 0.3 is 0 Å². The van der Waals surface area contributed by atoms with Crippen molar-refractivity contribution in [2.24, 2.45) is 11.7 Å². The van der Waals surface area contributed by atoms with E-state index in [9.17, 15) is 33.6 Å². The number of pyridine rings is 1. The van der Waals surface area contributed by atoms with Crippen LogP contribution in [0.3, 0.4) is 0 Å². The lowest BCUT2D eigenvalue weighted by atomic mass is 10.0. The number of rotatable bonds is 20.